The van der Waals surface area contributed by atoms with Crippen LogP contribution in [0, 0.1) is 0 Å². The maximum Gasteiger partial charge on any atom is 1.00 e. The first-order chi connectivity index (χ1) is 4.79. The van der Waals surface area contributed by atoms with Gasteiger partial charge < -0.3 is 1.43 Å². The second kappa shape index (κ2) is 7.06. The van der Waals surface area contributed by atoms with E-state index >= 15 is 0 Å². The molecule has 11 heavy (non-hydrogen) atoms. The summed E-state index contributed by atoms with van der Waals surface area (Å²) < 4.78 is 14.7. The predicted octanol–water partition coefficient (Wildman–Crippen LogP) is -1.83. The predicted molar refractivity (Wildman–Crippen MR) is 37.4 cm³/mol. The van der Waals surface area contributed by atoms with E-state index in [2.05, 4.69) is 4.62 Å². The van der Waals surface area contributed by atoms with E-state index in [1.54, 1.807) is 5.06 Å². The second-order valence-corrected chi connectivity index (χ2v) is 2.95. The summed E-state index contributed by atoms with van der Waals surface area (Å²) in [5.41, 5.74) is 0. The first-order valence-corrected chi connectivity index (χ1v) is 4.51. The summed E-state index contributed by atoms with van der Waals surface area (Å²) in [6.45, 7) is 1.56. The van der Waals surface area contributed by atoms with Crippen LogP contribution in [-0.4, -0.2) is 23.0 Å². The van der Waals surface area contributed by atoms with Crippen molar-refractivity contribution in [2.45, 2.75) is 19.3 Å². The average Bonchev–Trinajstić information content (AvgIpc) is 1.88. The van der Waals surface area contributed by atoms with Crippen molar-refractivity contribution in [1.29, 1.82) is 0 Å². The summed E-state index contributed by atoms with van der Waals surface area (Å²) in [5, 5.41) is 1.56. The molecule has 0 bridgehead atoms. The topological polar surface area (TPSA) is 49.8 Å². The Labute approximate surface area is 111 Å². The molecule has 1 N–H and O–H groups in total. The first kappa shape index (κ1) is 12.6. The SMILES string of the molecule is O=[P+](O)ON1CCCCC1.[H-].[K+]. The van der Waals surface area contributed by atoms with Crippen LogP contribution in [0.25, 0.3) is 0 Å². The van der Waals surface area contributed by atoms with Crippen molar-refractivity contribution in [2.75, 3.05) is 13.1 Å². The zero-order chi connectivity index (χ0) is 7.40. The van der Waals surface area contributed by atoms with Crippen LogP contribution in [0.2, 0.25) is 0 Å². The van der Waals surface area contributed by atoms with Gasteiger partial charge in [0.2, 0.25) is 0 Å². The molecule has 0 spiro atoms. The molecule has 0 aromatic rings. The van der Waals surface area contributed by atoms with Crippen LogP contribution in [0.3, 0.4) is 0 Å². The molecule has 1 aliphatic heterocycles. The van der Waals surface area contributed by atoms with Crippen LogP contribution in [0.5, 0.6) is 0 Å². The smallest absolute Gasteiger partial charge is 1.00 e. The molecule has 1 aliphatic rings. The fourth-order valence-corrected chi connectivity index (χ4v) is 1.41. The summed E-state index contributed by atoms with van der Waals surface area (Å²) in [4.78, 5) is 8.35. The van der Waals surface area contributed by atoms with Crippen LogP contribution in [-0.2, 0) is 9.19 Å². The molecular weight excluding hydrogens is 192 g/mol. The Morgan fingerprint density at radius 3 is 2.36 bits per heavy atom. The number of rotatable bonds is 2. The van der Waals surface area contributed by atoms with Gasteiger partial charge >= 0.3 is 59.6 Å². The molecular formula is C5H12KNO3P+. The van der Waals surface area contributed by atoms with Crippen molar-refractivity contribution in [3.05, 3.63) is 0 Å². The molecule has 1 saturated heterocycles. The molecule has 0 aromatic carbocycles. The second-order valence-electron chi connectivity index (χ2n) is 2.31. The van der Waals surface area contributed by atoms with Gasteiger partial charge in [-0.05, 0) is 17.5 Å². The molecule has 0 radical (unpaired) electrons. The maximum absolute atomic E-state index is 10.2. The summed E-state index contributed by atoms with van der Waals surface area (Å²) in [6.07, 6.45) is 3.31. The maximum atomic E-state index is 10.2. The third kappa shape index (κ3) is 5.79. The average molecular weight is 204 g/mol. The Kier molecular flexibility index (Phi) is 8.10. The Morgan fingerprint density at radius 2 is 1.91 bits per heavy atom. The van der Waals surface area contributed by atoms with E-state index in [0.29, 0.717) is 0 Å². The van der Waals surface area contributed by atoms with Gasteiger partial charge in [-0.2, -0.15) is 0 Å². The van der Waals surface area contributed by atoms with Gasteiger partial charge in [0.1, 0.15) is 0 Å². The van der Waals surface area contributed by atoms with E-state index in [1.165, 1.54) is 6.42 Å². The Bertz CT molecular complexity index is 134. The number of hydrogen-bond donors (Lipinski definition) is 1. The van der Waals surface area contributed by atoms with Gasteiger partial charge in [0, 0.05) is 17.7 Å². The van der Waals surface area contributed by atoms with Crippen molar-refractivity contribution in [1.82, 2.24) is 5.06 Å². The van der Waals surface area contributed by atoms with E-state index in [1.807, 2.05) is 0 Å². The van der Waals surface area contributed by atoms with E-state index in [0.717, 1.165) is 25.9 Å². The van der Waals surface area contributed by atoms with E-state index in [-0.39, 0.29) is 52.8 Å². The van der Waals surface area contributed by atoms with Crippen molar-refractivity contribution in [3.63, 3.8) is 0 Å². The van der Waals surface area contributed by atoms with Crippen molar-refractivity contribution in [2.24, 2.45) is 0 Å². The van der Waals surface area contributed by atoms with Crippen LogP contribution in [0.1, 0.15) is 20.7 Å². The fraction of sp³-hybridized carbons (Fsp3) is 1.00. The molecule has 6 heteroatoms. The number of hydrogen-bond acceptors (Lipinski definition) is 3. The van der Waals surface area contributed by atoms with Gasteiger partial charge in [-0.25, -0.2) is 0 Å². The molecule has 4 nitrogen and oxygen atoms in total. The van der Waals surface area contributed by atoms with Crippen LogP contribution in [0.4, 0.5) is 0 Å². The minimum atomic E-state index is -2.45. The summed E-state index contributed by atoms with van der Waals surface area (Å²) >= 11 is 0. The molecule has 0 aromatic heterocycles. The Hall–Kier alpha value is 1.62. The van der Waals surface area contributed by atoms with E-state index < -0.39 is 8.25 Å². The zero-order valence-corrected chi connectivity index (χ0v) is 10.7. The number of piperidine rings is 1. The molecule has 1 rings (SSSR count). The monoisotopic (exact) mass is 204 g/mol. The minimum absolute atomic E-state index is 0. The van der Waals surface area contributed by atoms with Crippen LogP contribution >= 0.6 is 8.25 Å². The normalized spacial score (nSPS) is 20.6. The molecule has 60 valence electrons. The van der Waals surface area contributed by atoms with E-state index in [9.17, 15) is 4.57 Å². The van der Waals surface area contributed by atoms with Crippen molar-refractivity contribution in [3.8, 4) is 0 Å². The first-order valence-electron chi connectivity index (χ1n) is 3.38. The van der Waals surface area contributed by atoms with Gasteiger partial charge in [-0.1, -0.05) is 6.42 Å². The summed E-state index contributed by atoms with van der Waals surface area (Å²) in [7, 11) is -2.45. The standard InChI is InChI=1S/C5H10NO3P.K.H/c7-10(8)9-6-4-2-1-3-5-6;;/h1-5H2;;/q;+1;-1/p+1. The molecule has 1 heterocycles. The van der Waals surface area contributed by atoms with Gasteiger partial charge in [0.25, 0.3) is 0 Å². The van der Waals surface area contributed by atoms with Gasteiger partial charge in [-0.15, -0.1) is 9.96 Å². The molecule has 1 unspecified atom stereocenters. The number of nitrogens with zero attached hydrogens (tertiary/aromatic N) is 1. The third-order valence-electron chi connectivity index (χ3n) is 1.50. The van der Waals surface area contributed by atoms with Crippen molar-refractivity contribution >= 4 is 8.25 Å². The minimum Gasteiger partial charge on any atom is -1.00 e. The quantitative estimate of drug-likeness (QED) is 0.424. The molecule has 0 aliphatic carbocycles. The van der Waals surface area contributed by atoms with Gasteiger partial charge in [0.15, 0.2) is 0 Å². The zero-order valence-electron chi connectivity index (χ0n) is 7.69. The third-order valence-corrected chi connectivity index (χ3v) is 1.87. The van der Waals surface area contributed by atoms with Crippen molar-refractivity contribution < 1.29 is 66.9 Å². The van der Waals surface area contributed by atoms with Gasteiger partial charge in [-0.3, -0.25) is 0 Å². The van der Waals surface area contributed by atoms with Gasteiger partial charge in [0.05, 0.1) is 0 Å². The largest absolute Gasteiger partial charge is 1.00 e. The molecule has 1 fully saturated rings. The van der Waals surface area contributed by atoms with Crippen LogP contribution < -0.4 is 51.4 Å². The van der Waals surface area contributed by atoms with E-state index in [4.69, 9.17) is 4.89 Å². The number of hydroxylamine groups is 2. The molecule has 1 atom stereocenters. The Morgan fingerprint density at radius 1 is 1.36 bits per heavy atom. The Balaban J connectivity index is 0. The molecule has 0 amide bonds. The summed E-state index contributed by atoms with van der Waals surface area (Å²) in [5.74, 6) is 0. The fourth-order valence-electron chi connectivity index (χ4n) is 1.05. The summed E-state index contributed by atoms with van der Waals surface area (Å²) in [6, 6.07) is 0. The van der Waals surface area contributed by atoms with Crippen LogP contribution in [0.15, 0.2) is 0 Å². The molecule has 0 saturated carbocycles.